The Morgan fingerprint density at radius 2 is 1.58 bits per heavy atom. The van der Waals surface area contributed by atoms with Crippen molar-refractivity contribution in [3.63, 3.8) is 0 Å². The predicted molar refractivity (Wildman–Crippen MR) is 76.8 cm³/mol. The molecule has 98 valence electrons. The van der Waals surface area contributed by atoms with Crippen LogP contribution < -0.4 is 5.32 Å². The van der Waals surface area contributed by atoms with Crippen molar-refractivity contribution >= 4 is 0 Å². The van der Waals surface area contributed by atoms with Crippen LogP contribution in [0.25, 0.3) is 0 Å². The average Bonchev–Trinajstić information content (AvgIpc) is 2.83. The average molecular weight is 253 g/mol. The third-order valence-electron chi connectivity index (χ3n) is 3.66. The first-order chi connectivity index (χ1) is 9.24. The molecule has 3 rings (SSSR count). The summed E-state index contributed by atoms with van der Waals surface area (Å²) < 4.78 is 6.17. The summed E-state index contributed by atoms with van der Waals surface area (Å²) in [7, 11) is 0. The SMILES string of the molecule is Cc1ccc(C2NC(C)C(c3ccccc3)O2)cc1. The lowest BCUT2D eigenvalue weighted by atomic mass is 10.0. The smallest absolute Gasteiger partial charge is 0.135 e. The first kappa shape index (κ1) is 12.4. The van der Waals surface area contributed by atoms with Crippen molar-refractivity contribution in [3.05, 3.63) is 71.3 Å². The first-order valence-corrected chi connectivity index (χ1v) is 6.77. The summed E-state index contributed by atoms with van der Waals surface area (Å²) in [5, 5.41) is 3.52. The van der Waals surface area contributed by atoms with Crippen LogP contribution in [0.3, 0.4) is 0 Å². The molecule has 0 spiro atoms. The summed E-state index contributed by atoms with van der Waals surface area (Å²) >= 11 is 0. The molecule has 2 aromatic rings. The minimum absolute atomic E-state index is 0.0131. The van der Waals surface area contributed by atoms with Gasteiger partial charge in [-0.2, -0.15) is 0 Å². The van der Waals surface area contributed by atoms with Crippen LogP contribution in [0.2, 0.25) is 0 Å². The van der Waals surface area contributed by atoms with Crippen molar-refractivity contribution < 1.29 is 4.74 Å². The Labute approximate surface area is 114 Å². The van der Waals surface area contributed by atoms with Gasteiger partial charge in [0.2, 0.25) is 0 Å². The van der Waals surface area contributed by atoms with Gasteiger partial charge in [0, 0.05) is 6.04 Å². The highest BCUT2D eigenvalue weighted by Crippen LogP contribution is 2.34. The second kappa shape index (κ2) is 5.16. The molecule has 1 N–H and O–H groups in total. The number of aryl methyl sites for hydroxylation is 1. The van der Waals surface area contributed by atoms with Crippen LogP contribution in [-0.2, 0) is 4.74 Å². The number of hydrogen-bond acceptors (Lipinski definition) is 2. The molecule has 3 atom stereocenters. The standard InChI is InChI=1S/C17H19NO/c1-12-8-10-15(11-9-12)17-18-13(2)16(19-17)14-6-4-3-5-7-14/h3-11,13,16-18H,1-2H3. The van der Waals surface area contributed by atoms with E-state index in [0.29, 0.717) is 6.04 Å². The molecule has 0 aliphatic carbocycles. The van der Waals surface area contributed by atoms with Crippen molar-refractivity contribution in [1.29, 1.82) is 0 Å². The molecule has 0 saturated carbocycles. The van der Waals surface area contributed by atoms with Crippen LogP contribution in [0.1, 0.15) is 35.9 Å². The summed E-state index contributed by atoms with van der Waals surface area (Å²) in [6, 6.07) is 19.2. The van der Waals surface area contributed by atoms with Gasteiger partial charge in [-0.1, -0.05) is 60.2 Å². The Kier molecular flexibility index (Phi) is 3.36. The van der Waals surface area contributed by atoms with Gasteiger partial charge in [-0.05, 0) is 25.0 Å². The molecule has 1 heterocycles. The van der Waals surface area contributed by atoms with Gasteiger partial charge in [0.1, 0.15) is 12.3 Å². The number of hydrogen-bond donors (Lipinski definition) is 1. The van der Waals surface area contributed by atoms with Gasteiger partial charge in [0.25, 0.3) is 0 Å². The van der Waals surface area contributed by atoms with E-state index in [-0.39, 0.29) is 12.3 Å². The number of benzene rings is 2. The molecule has 1 fully saturated rings. The Morgan fingerprint density at radius 1 is 0.895 bits per heavy atom. The van der Waals surface area contributed by atoms with Crippen molar-refractivity contribution in [2.45, 2.75) is 32.2 Å². The van der Waals surface area contributed by atoms with Crippen LogP contribution >= 0.6 is 0 Å². The lowest BCUT2D eigenvalue weighted by molar-refractivity contribution is 0.0363. The second-order valence-electron chi connectivity index (χ2n) is 5.21. The quantitative estimate of drug-likeness (QED) is 0.880. The second-order valence-corrected chi connectivity index (χ2v) is 5.21. The normalized spacial score (nSPS) is 26.5. The van der Waals surface area contributed by atoms with E-state index in [1.165, 1.54) is 16.7 Å². The van der Waals surface area contributed by atoms with Crippen molar-refractivity contribution in [2.24, 2.45) is 0 Å². The zero-order valence-corrected chi connectivity index (χ0v) is 11.3. The molecule has 3 unspecified atom stereocenters. The zero-order valence-electron chi connectivity index (χ0n) is 11.3. The monoisotopic (exact) mass is 253 g/mol. The molecular formula is C17H19NO. The lowest BCUT2D eigenvalue weighted by Crippen LogP contribution is -2.23. The van der Waals surface area contributed by atoms with Crippen molar-refractivity contribution in [3.8, 4) is 0 Å². The Bertz CT molecular complexity index is 535. The fraction of sp³-hybridized carbons (Fsp3) is 0.294. The van der Waals surface area contributed by atoms with E-state index in [0.717, 1.165) is 0 Å². The maximum Gasteiger partial charge on any atom is 0.135 e. The molecule has 0 amide bonds. The third kappa shape index (κ3) is 2.55. The first-order valence-electron chi connectivity index (χ1n) is 6.77. The molecule has 19 heavy (non-hydrogen) atoms. The van der Waals surface area contributed by atoms with Gasteiger partial charge >= 0.3 is 0 Å². The Balaban J connectivity index is 1.80. The van der Waals surface area contributed by atoms with E-state index in [1.807, 2.05) is 6.07 Å². The van der Waals surface area contributed by atoms with Crippen LogP contribution in [0.15, 0.2) is 54.6 Å². The minimum atomic E-state index is -0.0131. The van der Waals surface area contributed by atoms with Crippen LogP contribution in [0.5, 0.6) is 0 Å². The van der Waals surface area contributed by atoms with E-state index in [2.05, 4.69) is 67.7 Å². The molecule has 1 saturated heterocycles. The van der Waals surface area contributed by atoms with E-state index >= 15 is 0 Å². The fourth-order valence-corrected chi connectivity index (χ4v) is 2.56. The molecule has 1 aliphatic rings. The van der Waals surface area contributed by atoms with Crippen molar-refractivity contribution in [2.75, 3.05) is 0 Å². The van der Waals surface area contributed by atoms with Gasteiger partial charge in [-0.3, -0.25) is 5.32 Å². The topological polar surface area (TPSA) is 21.3 Å². The highest BCUT2D eigenvalue weighted by Gasteiger charge is 2.33. The van der Waals surface area contributed by atoms with Gasteiger partial charge in [-0.25, -0.2) is 0 Å². The maximum atomic E-state index is 6.17. The van der Waals surface area contributed by atoms with Crippen molar-refractivity contribution in [1.82, 2.24) is 5.32 Å². The fourth-order valence-electron chi connectivity index (χ4n) is 2.56. The number of ether oxygens (including phenoxy) is 1. The molecule has 2 heteroatoms. The van der Waals surface area contributed by atoms with Gasteiger partial charge in [-0.15, -0.1) is 0 Å². The molecular weight excluding hydrogens is 234 g/mol. The summed E-state index contributed by atoms with van der Waals surface area (Å²) in [6.45, 7) is 4.27. The van der Waals surface area contributed by atoms with E-state index in [9.17, 15) is 0 Å². The largest absolute Gasteiger partial charge is 0.350 e. The maximum absolute atomic E-state index is 6.17. The highest BCUT2D eigenvalue weighted by atomic mass is 16.5. The Hall–Kier alpha value is -1.64. The summed E-state index contributed by atoms with van der Waals surface area (Å²) in [4.78, 5) is 0. The Morgan fingerprint density at radius 3 is 2.26 bits per heavy atom. The van der Waals surface area contributed by atoms with Gasteiger partial charge in [0.15, 0.2) is 0 Å². The molecule has 0 aromatic heterocycles. The van der Waals surface area contributed by atoms with E-state index in [1.54, 1.807) is 0 Å². The molecule has 2 nitrogen and oxygen atoms in total. The highest BCUT2D eigenvalue weighted by molar-refractivity contribution is 5.26. The van der Waals surface area contributed by atoms with Crippen LogP contribution in [-0.4, -0.2) is 6.04 Å². The van der Waals surface area contributed by atoms with E-state index < -0.39 is 0 Å². The van der Waals surface area contributed by atoms with E-state index in [4.69, 9.17) is 4.74 Å². The molecule has 0 radical (unpaired) electrons. The molecule has 1 aliphatic heterocycles. The molecule has 0 bridgehead atoms. The molecule has 2 aromatic carbocycles. The van der Waals surface area contributed by atoms with Crippen LogP contribution in [0, 0.1) is 6.92 Å². The summed E-state index contributed by atoms with van der Waals surface area (Å²) in [5.41, 5.74) is 3.70. The van der Waals surface area contributed by atoms with Gasteiger partial charge in [0.05, 0.1) is 0 Å². The van der Waals surface area contributed by atoms with Crippen LogP contribution in [0.4, 0.5) is 0 Å². The summed E-state index contributed by atoms with van der Waals surface area (Å²) in [6.07, 6.45) is 0.105. The third-order valence-corrected chi connectivity index (χ3v) is 3.66. The number of rotatable bonds is 2. The predicted octanol–water partition coefficient (Wildman–Crippen LogP) is 3.74. The number of nitrogens with one attached hydrogen (secondary N) is 1. The van der Waals surface area contributed by atoms with Gasteiger partial charge < -0.3 is 4.74 Å². The minimum Gasteiger partial charge on any atom is -0.350 e. The lowest BCUT2D eigenvalue weighted by Gasteiger charge is -2.14. The zero-order chi connectivity index (χ0) is 13.2. The summed E-state index contributed by atoms with van der Waals surface area (Å²) in [5.74, 6) is 0.